The lowest BCUT2D eigenvalue weighted by Gasteiger charge is -2.21. The van der Waals surface area contributed by atoms with Gasteiger partial charge in [0.15, 0.2) is 0 Å². The molecule has 0 saturated heterocycles. The maximum absolute atomic E-state index is 6.68. The molecule has 2 aliphatic rings. The molecule has 0 bridgehead atoms. The van der Waals surface area contributed by atoms with Gasteiger partial charge >= 0.3 is 0 Å². The van der Waals surface area contributed by atoms with E-state index < -0.39 is 0 Å². The highest BCUT2D eigenvalue weighted by atomic mass is 16.3. The van der Waals surface area contributed by atoms with E-state index in [1.807, 2.05) is 0 Å². The van der Waals surface area contributed by atoms with Gasteiger partial charge < -0.3 is 13.6 Å². The molecule has 4 heterocycles. The van der Waals surface area contributed by atoms with Gasteiger partial charge in [-0.05, 0) is 111 Å². The minimum Gasteiger partial charge on any atom is -0.455 e. The van der Waals surface area contributed by atoms with Crippen LogP contribution >= 0.6 is 0 Å². The van der Waals surface area contributed by atoms with Gasteiger partial charge in [-0.15, -0.1) is 0 Å². The molecule has 3 aromatic heterocycles. The van der Waals surface area contributed by atoms with Crippen molar-refractivity contribution < 1.29 is 4.42 Å². The molecule has 0 fully saturated rings. The molecule has 0 spiro atoms. The standard InChI is InChI=1S/C56H34N2O/c1-2-12-37(13-3-1)57-49-20-10-8-16-40(49)42-25-22-35(32-52(42)57)36-30-46-41-17-9-11-21-50(41)58-51-26-23-33(28-45(51)47(31-36)55(46)58)34-24-27-53-48(29-34)54-43-18-6-4-14-38(43)39-15-5-7-19-44(39)56(54)59-53/h1-29,31-32,46H,30H2. The van der Waals surface area contributed by atoms with Gasteiger partial charge in [-0.25, -0.2) is 0 Å². The van der Waals surface area contributed by atoms with Crippen LogP contribution in [-0.4, -0.2) is 9.13 Å². The van der Waals surface area contributed by atoms with Gasteiger partial charge in [0.05, 0.1) is 16.6 Å². The summed E-state index contributed by atoms with van der Waals surface area (Å²) in [5.41, 5.74) is 17.3. The molecule has 1 atom stereocenters. The van der Waals surface area contributed by atoms with Crippen molar-refractivity contribution in [3.05, 3.63) is 204 Å². The van der Waals surface area contributed by atoms with Crippen LogP contribution < -0.4 is 0 Å². The number of para-hydroxylation sites is 3. The van der Waals surface area contributed by atoms with E-state index in [1.165, 1.54) is 105 Å². The van der Waals surface area contributed by atoms with Crippen LogP contribution in [0.2, 0.25) is 0 Å². The zero-order valence-electron chi connectivity index (χ0n) is 32.0. The molecule has 0 radical (unpaired) electrons. The van der Waals surface area contributed by atoms with Crippen molar-refractivity contribution in [3.8, 4) is 22.5 Å². The number of benzene rings is 9. The first kappa shape index (κ1) is 31.5. The molecule has 0 N–H and O–H groups in total. The number of nitrogens with zero attached hydrogens (tertiary/aromatic N) is 2. The molecule has 0 saturated carbocycles. The molecule has 1 aliphatic carbocycles. The number of aromatic nitrogens is 2. The summed E-state index contributed by atoms with van der Waals surface area (Å²) in [5.74, 6) is 0.282. The van der Waals surface area contributed by atoms with Crippen LogP contribution in [0.1, 0.15) is 34.7 Å². The highest BCUT2D eigenvalue weighted by molar-refractivity contribution is 6.30. The number of fused-ring (bicyclic) bond motifs is 17. The normalized spacial score (nSPS) is 14.6. The number of hydrogen-bond donors (Lipinski definition) is 0. The van der Waals surface area contributed by atoms with Crippen molar-refractivity contribution in [1.29, 1.82) is 0 Å². The third-order valence-electron chi connectivity index (χ3n) is 13.4. The average molecular weight is 751 g/mol. The summed E-state index contributed by atoms with van der Waals surface area (Å²) in [6.45, 7) is 0. The van der Waals surface area contributed by atoms with E-state index in [1.54, 1.807) is 0 Å². The Labute approximate surface area is 339 Å². The second kappa shape index (κ2) is 11.5. The largest absolute Gasteiger partial charge is 0.455 e. The Bertz CT molecular complexity index is 3820. The molecule has 12 aromatic rings. The van der Waals surface area contributed by atoms with Crippen LogP contribution in [0.5, 0.6) is 0 Å². The predicted molar refractivity (Wildman–Crippen MR) is 246 cm³/mol. The minimum absolute atomic E-state index is 0.282. The van der Waals surface area contributed by atoms with Gasteiger partial charge in [0.25, 0.3) is 0 Å². The van der Waals surface area contributed by atoms with Crippen molar-refractivity contribution in [2.75, 3.05) is 0 Å². The van der Waals surface area contributed by atoms with Gasteiger partial charge in [-0.2, -0.15) is 0 Å². The fourth-order valence-electron chi connectivity index (χ4n) is 10.9. The molecule has 14 rings (SSSR count). The smallest absolute Gasteiger partial charge is 0.143 e. The predicted octanol–water partition coefficient (Wildman–Crippen LogP) is 15.0. The summed E-state index contributed by atoms with van der Waals surface area (Å²) in [7, 11) is 0. The monoisotopic (exact) mass is 750 g/mol. The van der Waals surface area contributed by atoms with E-state index in [0.717, 1.165) is 28.4 Å². The van der Waals surface area contributed by atoms with Crippen LogP contribution in [-0.2, 0) is 0 Å². The third-order valence-corrected chi connectivity index (χ3v) is 13.4. The van der Waals surface area contributed by atoms with Crippen LogP contribution in [0.25, 0.3) is 110 Å². The van der Waals surface area contributed by atoms with Crippen molar-refractivity contribution >= 4 is 87.8 Å². The summed E-state index contributed by atoms with van der Waals surface area (Å²) in [5, 5.41) is 11.1. The quantitative estimate of drug-likeness (QED) is 0.165. The fraction of sp³-hybridized carbons (Fsp3) is 0.0357. The molecule has 0 amide bonds. The molecule has 1 aliphatic heterocycles. The van der Waals surface area contributed by atoms with Gasteiger partial charge in [-0.1, -0.05) is 127 Å². The minimum atomic E-state index is 0.282. The van der Waals surface area contributed by atoms with Crippen LogP contribution in [0.4, 0.5) is 0 Å². The van der Waals surface area contributed by atoms with Gasteiger partial charge in [-0.3, -0.25) is 0 Å². The first-order chi connectivity index (χ1) is 29.3. The third kappa shape index (κ3) is 4.21. The summed E-state index contributed by atoms with van der Waals surface area (Å²) < 4.78 is 11.7. The molecule has 3 heteroatoms. The van der Waals surface area contributed by atoms with Gasteiger partial charge in [0.1, 0.15) is 11.2 Å². The number of hydrogen-bond acceptors (Lipinski definition) is 1. The van der Waals surface area contributed by atoms with E-state index in [9.17, 15) is 0 Å². The highest BCUT2D eigenvalue weighted by Gasteiger charge is 2.37. The average Bonchev–Trinajstić information content (AvgIpc) is 4.04. The zero-order valence-corrected chi connectivity index (χ0v) is 32.0. The van der Waals surface area contributed by atoms with Crippen LogP contribution in [0, 0.1) is 0 Å². The van der Waals surface area contributed by atoms with E-state index in [-0.39, 0.29) is 5.92 Å². The van der Waals surface area contributed by atoms with Crippen LogP contribution in [0.3, 0.4) is 0 Å². The fourth-order valence-corrected chi connectivity index (χ4v) is 10.9. The molecular formula is C56H34N2O. The lowest BCUT2D eigenvalue weighted by atomic mass is 9.81. The first-order valence-corrected chi connectivity index (χ1v) is 20.6. The first-order valence-electron chi connectivity index (χ1n) is 20.6. The molecular weight excluding hydrogens is 717 g/mol. The van der Waals surface area contributed by atoms with E-state index in [4.69, 9.17) is 4.42 Å². The SMILES string of the molecule is C1=C(c2ccc3c4ccccc4n(-c4ccccc4)c3c2)CC2c3ccccc3-n3c2c1c1cc(-c2ccc4oc5c6ccccc6c6ccccc6c5c4c2)ccc13. The Hall–Kier alpha value is -7.62. The van der Waals surface area contributed by atoms with E-state index in [2.05, 4.69) is 197 Å². The Balaban J connectivity index is 0.978. The van der Waals surface area contributed by atoms with E-state index >= 15 is 0 Å². The van der Waals surface area contributed by atoms with Gasteiger partial charge in [0, 0.05) is 60.9 Å². The molecule has 274 valence electrons. The summed E-state index contributed by atoms with van der Waals surface area (Å²) in [6.07, 6.45) is 3.46. The lowest BCUT2D eigenvalue weighted by Crippen LogP contribution is -2.05. The highest BCUT2D eigenvalue weighted by Crippen LogP contribution is 2.53. The Morgan fingerprint density at radius 3 is 1.95 bits per heavy atom. The molecule has 3 nitrogen and oxygen atoms in total. The molecule has 59 heavy (non-hydrogen) atoms. The lowest BCUT2D eigenvalue weighted by molar-refractivity contribution is 0.673. The number of allylic oxidation sites excluding steroid dienone is 1. The summed E-state index contributed by atoms with van der Waals surface area (Å²) >= 11 is 0. The van der Waals surface area contributed by atoms with Crippen molar-refractivity contribution in [2.24, 2.45) is 0 Å². The zero-order chi connectivity index (χ0) is 38.3. The summed E-state index contributed by atoms with van der Waals surface area (Å²) in [4.78, 5) is 0. The Morgan fingerprint density at radius 2 is 1.08 bits per heavy atom. The Kier molecular flexibility index (Phi) is 6.13. The second-order valence-corrected chi connectivity index (χ2v) is 16.4. The number of furan rings is 1. The van der Waals surface area contributed by atoms with E-state index in [0.29, 0.717) is 0 Å². The van der Waals surface area contributed by atoms with Crippen molar-refractivity contribution in [3.63, 3.8) is 0 Å². The number of rotatable bonds is 3. The molecule has 1 unspecified atom stereocenters. The maximum atomic E-state index is 6.68. The second-order valence-electron chi connectivity index (χ2n) is 16.4. The van der Waals surface area contributed by atoms with Crippen molar-refractivity contribution in [2.45, 2.75) is 12.3 Å². The topological polar surface area (TPSA) is 23.0 Å². The molecule has 9 aromatic carbocycles. The van der Waals surface area contributed by atoms with Gasteiger partial charge in [0.2, 0.25) is 0 Å². The maximum Gasteiger partial charge on any atom is 0.143 e. The summed E-state index contributed by atoms with van der Waals surface area (Å²) in [6, 6.07) is 66.9. The Morgan fingerprint density at radius 1 is 0.441 bits per heavy atom. The van der Waals surface area contributed by atoms with Crippen LogP contribution in [0.15, 0.2) is 186 Å². The van der Waals surface area contributed by atoms with Crippen molar-refractivity contribution in [1.82, 2.24) is 9.13 Å².